The Hall–Kier alpha value is -2.05. The number of carboxylic acids is 2. The van der Waals surface area contributed by atoms with Gasteiger partial charge in [-0.1, -0.05) is 23.7 Å². The second kappa shape index (κ2) is 12.5. The second-order valence-electron chi connectivity index (χ2n) is 5.57. The molecule has 1 aromatic carbocycles. The Balaban J connectivity index is 0.000000473. The first-order valence-corrected chi connectivity index (χ1v) is 8.39. The van der Waals surface area contributed by atoms with Gasteiger partial charge in [0.25, 0.3) is 0 Å². The molecular weight excluding hydrogens is 434 g/mol. The number of hydrogen-bond acceptors (Lipinski definition) is 4. The number of hydrogen-bond donors (Lipinski definition) is 3. The van der Waals surface area contributed by atoms with Gasteiger partial charge in [0.05, 0.1) is 0 Å². The molecule has 1 saturated heterocycles. The van der Waals surface area contributed by atoms with E-state index in [1.165, 1.54) is 18.7 Å². The lowest BCUT2D eigenvalue weighted by atomic mass is 10.1. The number of nitrogens with one attached hydrogen (secondary N) is 1. The van der Waals surface area contributed by atoms with Crippen molar-refractivity contribution >= 4 is 23.5 Å². The number of aliphatic carboxylic acids is 2. The van der Waals surface area contributed by atoms with Crippen molar-refractivity contribution in [1.29, 1.82) is 0 Å². The smallest absolute Gasteiger partial charge is 0.475 e. The van der Waals surface area contributed by atoms with E-state index < -0.39 is 24.3 Å². The maximum atomic E-state index is 10.6. The van der Waals surface area contributed by atoms with Crippen LogP contribution in [0.15, 0.2) is 24.3 Å². The number of rotatable bonds is 3. The van der Waals surface area contributed by atoms with Crippen molar-refractivity contribution in [2.75, 3.05) is 32.7 Å². The van der Waals surface area contributed by atoms with Crippen LogP contribution in [0.4, 0.5) is 26.3 Å². The summed E-state index contributed by atoms with van der Waals surface area (Å²) in [7, 11) is 0. The first-order chi connectivity index (χ1) is 13.2. The van der Waals surface area contributed by atoms with E-state index in [2.05, 4.69) is 22.3 Å². The lowest BCUT2D eigenvalue weighted by Crippen LogP contribution is -2.44. The summed E-state index contributed by atoms with van der Waals surface area (Å²) in [4.78, 5) is 20.3. The Labute approximate surface area is 167 Å². The van der Waals surface area contributed by atoms with Gasteiger partial charge in [-0.3, -0.25) is 0 Å². The van der Waals surface area contributed by atoms with Gasteiger partial charge in [-0.05, 0) is 24.1 Å². The van der Waals surface area contributed by atoms with Crippen LogP contribution in [-0.4, -0.2) is 72.1 Å². The molecule has 0 saturated carbocycles. The molecule has 0 amide bonds. The Kier molecular flexibility index (Phi) is 11.6. The quantitative estimate of drug-likeness (QED) is 0.611. The molecule has 0 bridgehead atoms. The van der Waals surface area contributed by atoms with Crippen molar-refractivity contribution in [2.24, 2.45) is 0 Å². The number of benzene rings is 1. The van der Waals surface area contributed by atoms with Crippen molar-refractivity contribution in [3.63, 3.8) is 0 Å². The van der Waals surface area contributed by atoms with Gasteiger partial charge in [-0.2, -0.15) is 26.3 Å². The molecule has 1 fully saturated rings. The summed E-state index contributed by atoms with van der Waals surface area (Å²) in [5.41, 5.74) is 1.37. The van der Waals surface area contributed by atoms with Crippen molar-refractivity contribution < 1.29 is 46.1 Å². The number of nitrogens with zero attached hydrogens (tertiary/aromatic N) is 1. The number of piperazine rings is 1. The van der Waals surface area contributed by atoms with Gasteiger partial charge >= 0.3 is 24.3 Å². The summed E-state index contributed by atoms with van der Waals surface area (Å²) < 4.78 is 63.5. The number of alkyl halides is 6. The Morgan fingerprint density at radius 3 is 1.66 bits per heavy atom. The van der Waals surface area contributed by atoms with Crippen LogP contribution < -0.4 is 5.32 Å². The van der Waals surface area contributed by atoms with E-state index in [4.69, 9.17) is 31.4 Å². The average Bonchev–Trinajstić information content (AvgIpc) is 2.61. The predicted molar refractivity (Wildman–Crippen MR) is 91.8 cm³/mol. The minimum absolute atomic E-state index is 0.820. The van der Waals surface area contributed by atoms with Gasteiger partial charge in [0.15, 0.2) is 0 Å². The third kappa shape index (κ3) is 13.7. The number of carboxylic acid groups (broad SMARTS) is 2. The molecule has 6 nitrogen and oxygen atoms in total. The molecule has 0 atom stereocenters. The molecule has 1 aliphatic heterocycles. The summed E-state index contributed by atoms with van der Waals surface area (Å²) >= 11 is 5.84. The fourth-order valence-corrected chi connectivity index (χ4v) is 2.00. The van der Waals surface area contributed by atoms with Gasteiger partial charge < -0.3 is 20.4 Å². The molecule has 1 aliphatic rings. The first-order valence-electron chi connectivity index (χ1n) is 8.01. The van der Waals surface area contributed by atoms with Crippen LogP contribution in [0, 0.1) is 0 Å². The van der Waals surface area contributed by atoms with Crippen molar-refractivity contribution in [3.05, 3.63) is 34.9 Å². The molecule has 0 aromatic heterocycles. The summed E-state index contributed by atoms with van der Waals surface area (Å²) in [6.45, 7) is 5.76. The van der Waals surface area contributed by atoms with E-state index in [0.717, 1.165) is 31.1 Å². The zero-order valence-corrected chi connectivity index (χ0v) is 15.6. The molecule has 0 unspecified atom stereocenters. The molecule has 29 heavy (non-hydrogen) atoms. The van der Waals surface area contributed by atoms with Crippen LogP contribution >= 0.6 is 11.6 Å². The van der Waals surface area contributed by atoms with Crippen LogP contribution in [0.3, 0.4) is 0 Å². The SMILES string of the molecule is Clc1ccc(CCN2CCNCC2)cc1.O=C(O)C(F)(F)F.O=C(O)C(F)(F)F. The summed E-state index contributed by atoms with van der Waals surface area (Å²) in [5.74, 6) is -5.51. The molecular formula is C16H19ClF6N2O4. The Bertz CT molecular complexity index is 608. The van der Waals surface area contributed by atoms with E-state index in [0.29, 0.717) is 0 Å². The largest absolute Gasteiger partial charge is 0.490 e. The summed E-state index contributed by atoms with van der Waals surface area (Å²) in [6.07, 6.45) is -9.04. The van der Waals surface area contributed by atoms with Crippen LogP contribution in [0.25, 0.3) is 0 Å². The standard InChI is InChI=1S/C12H17ClN2.2C2HF3O2/c13-12-3-1-11(2-4-12)5-8-15-9-6-14-7-10-15;2*3-2(4,5)1(6)7/h1-4,14H,5-10H2;2*(H,6,7). The maximum Gasteiger partial charge on any atom is 0.490 e. The lowest BCUT2D eigenvalue weighted by Gasteiger charge is -2.27. The molecule has 1 heterocycles. The number of halogens is 7. The van der Waals surface area contributed by atoms with Gasteiger partial charge in [0.2, 0.25) is 0 Å². The van der Waals surface area contributed by atoms with Crippen LogP contribution in [0.1, 0.15) is 5.56 Å². The third-order valence-electron chi connectivity index (χ3n) is 3.32. The van der Waals surface area contributed by atoms with Gasteiger partial charge in [-0.25, -0.2) is 9.59 Å². The van der Waals surface area contributed by atoms with Gasteiger partial charge in [0.1, 0.15) is 0 Å². The predicted octanol–water partition coefficient (Wildman–Crippen LogP) is 3.05. The molecule has 2 rings (SSSR count). The molecule has 3 N–H and O–H groups in total. The maximum absolute atomic E-state index is 10.6. The Morgan fingerprint density at radius 2 is 1.31 bits per heavy atom. The molecule has 166 valence electrons. The molecule has 0 radical (unpaired) electrons. The normalized spacial score (nSPS) is 14.7. The average molecular weight is 453 g/mol. The highest BCUT2D eigenvalue weighted by atomic mass is 35.5. The highest BCUT2D eigenvalue weighted by molar-refractivity contribution is 6.30. The fourth-order valence-electron chi connectivity index (χ4n) is 1.87. The third-order valence-corrected chi connectivity index (χ3v) is 3.58. The molecule has 0 spiro atoms. The summed E-state index contributed by atoms with van der Waals surface area (Å²) in [5, 5.41) is 18.4. The monoisotopic (exact) mass is 452 g/mol. The van der Waals surface area contributed by atoms with Crippen molar-refractivity contribution in [2.45, 2.75) is 18.8 Å². The fraction of sp³-hybridized carbons (Fsp3) is 0.500. The van der Waals surface area contributed by atoms with Crippen LogP contribution in [0.2, 0.25) is 5.02 Å². The van der Waals surface area contributed by atoms with Crippen LogP contribution in [-0.2, 0) is 16.0 Å². The van der Waals surface area contributed by atoms with Crippen LogP contribution in [0.5, 0.6) is 0 Å². The second-order valence-corrected chi connectivity index (χ2v) is 6.01. The highest BCUT2D eigenvalue weighted by Crippen LogP contribution is 2.13. The topological polar surface area (TPSA) is 89.9 Å². The van der Waals surface area contributed by atoms with E-state index in [-0.39, 0.29) is 0 Å². The molecule has 1 aromatic rings. The van der Waals surface area contributed by atoms with E-state index in [9.17, 15) is 26.3 Å². The number of carbonyl (C=O) groups is 2. The minimum atomic E-state index is -5.08. The molecule has 0 aliphatic carbocycles. The van der Waals surface area contributed by atoms with E-state index in [1.807, 2.05) is 12.1 Å². The first kappa shape index (κ1) is 27.0. The van der Waals surface area contributed by atoms with E-state index >= 15 is 0 Å². The summed E-state index contributed by atoms with van der Waals surface area (Å²) in [6, 6.07) is 8.17. The highest BCUT2D eigenvalue weighted by Gasteiger charge is 2.38. The van der Waals surface area contributed by atoms with Crippen molar-refractivity contribution in [3.8, 4) is 0 Å². The van der Waals surface area contributed by atoms with Gasteiger partial charge in [-0.15, -0.1) is 0 Å². The Morgan fingerprint density at radius 1 is 0.931 bits per heavy atom. The zero-order chi connectivity index (χ0) is 22.7. The van der Waals surface area contributed by atoms with E-state index in [1.54, 1.807) is 0 Å². The van der Waals surface area contributed by atoms with Gasteiger partial charge in [0, 0.05) is 37.7 Å². The molecule has 13 heteroatoms. The zero-order valence-electron chi connectivity index (χ0n) is 14.9. The van der Waals surface area contributed by atoms with Crippen molar-refractivity contribution in [1.82, 2.24) is 10.2 Å². The lowest BCUT2D eigenvalue weighted by molar-refractivity contribution is -0.193. The minimum Gasteiger partial charge on any atom is -0.475 e.